The summed E-state index contributed by atoms with van der Waals surface area (Å²) in [6.07, 6.45) is 0. The van der Waals surface area contributed by atoms with E-state index in [4.69, 9.17) is 8.83 Å². The normalized spacial score (nSPS) is 11.6. The summed E-state index contributed by atoms with van der Waals surface area (Å²) >= 11 is 0. The van der Waals surface area contributed by atoms with Crippen molar-refractivity contribution in [1.29, 1.82) is 0 Å². The molecule has 0 aliphatic heterocycles. The summed E-state index contributed by atoms with van der Waals surface area (Å²) in [7, 11) is 0. The third-order valence-electron chi connectivity index (χ3n) is 16.4. The fourth-order valence-electron chi connectivity index (χ4n) is 12.4. The van der Waals surface area contributed by atoms with E-state index < -0.39 is 0 Å². The van der Waals surface area contributed by atoms with Gasteiger partial charge in [-0.25, -0.2) is 0 Å². The first-order valence-corrected chi connectivity index (χ1v) is 28.5. The largest absolute Gasteiger partial charge is 0.456 e. The fourth-order valence-corrected chi connectivity index (χ4v) is 12.4. The van der Waals surface area contributed by atoms with E-state index in [1.807, 2.05) is 24.3 Å². The highest BCUT2D eigenvalue weighted by molar-refractivity contribution is 6.10. The summed E-state index contributed by atoms with van der Waals surface area (Å²) in [6.45, 7) is 0. The van der Waals surface area contributed by atoms with E-state index in [0.717, 1.165) is 123 Å². The number of benzene rings is 13. The highest BCUT2D eigenvalue weighted by atomic mass is 16.3. The summed E-state index contributed by atoms with van der Waals surface area (Å²) < 4.78 is 14.9. The van der Waals surface area contributed by atoms with Gasteiger partial charge in [0.05, 0.1) is 11.0 Å². The van der Waals surface area contributed by atoms with Crippen molar-refractivity contribution >= 4 is 117 Å². The average molecular weight is 1080 g/mol. The molecule has 13 aromatic carbocycles. The lowest BCUT2D eigenvalue weighted by molar-refractivity contribution is 0.668. The number of rotatable bonds is 12. The van der Waals surface area contributed by atoms with Gasteiger partial charge < -0.3 is 28.1 Å². The van der Waals surface area contributed by atoms with E-state index >= 15 is 0 Å². The van der Waals surface area contributed by atoms with Crippen molar-refractivity contribution in [2.45, 2.75) is 0 Å². The zero-order valence-corrected chi connectivity index (χ0v) is 45.6. The first kappa shape index (κ1) is 48.6. The summed E-state index contributed by atoms with van der Waals surface area (Å²) in [6, 6.07) is 113. The first-order valence-electron chi connectivity index (χ1n) is 28.5. The molecule has 0 spiro atoms. The lowest BCUT2D eigenvalue weighted by Gasteiger charge is -2.29. The number of hydrogen-bond acceptors (Lipinski definition) is 5. The van der Waals surface area contributed by atoms with Crippen LogP contribution in [0.3, 0.4) is 0 Å². The average Bonchev–Trinajstić information content (AvgIpc) is 4.29. The molecule has 0 radical (unpaired) electrons. The molecule has 16 aromatic rings. The van der Waals surface area contributed by atoms with Crippen LogP contribution in [-0.4, -0.2) is 4.57 Å². The lowest BCUT2D eigenvalue weighted by Crippen LogP contribution is -2.13. The van der Waals surface area contributed by atoms with Crippen LogP contribution in [0.1, 0.15) is 0 Å². The van der Waals surface area contributed by atoms with Crippen molar-refractivity contribution in [2.24, 2.45) is 0 Å². The second-order valence-corrected chi connectivity index (χ2v) is 21.3. The Balaban J connectivity index is 0.759. The molecular formula is C78H52N4O2. The predicted molar refractivity (Wildman–Crippen MR) is 350 cm³/mol. The molecular weight excluding hydrogens is 1020 g/mol. The molecule has 0 atom stereocenters. The number of nitrogens with zero attached hydrogens (tertiary/aromatic N) is 4. The van der Waals surface area contributed by atoms with E-state index in [1.54, 1.807) is 0 Å². The van der Waals surface area contributed by atoms with E-state index in [2.05, 4.69) is 310 Å². The van der Waals surface area contributed by atoms with Crippen molar-refractivity contribution in [1.82, 2.24) is 4.57 Å². The monoisotopic (exact) mass is 1080 g/mol. The second kappa shape index (κ2) is 20.3. The van der Waals surface area contributed by atoms with Crippen LogP contribution in [0.2, 0.25) is 0 Å². The predicted octanol–water partition coefficient (Wildman–Crippen LogP) is 22.3. The molecule has 0 aliphatic rings. The van der Waals surface area contributed by atoms with Gasteiger partial charge in [-0.1, -0.05) is 146 Å². The van der Waals surface area contributed by atoms with Crippen LogP contribution in [-0.2, 0) is 0 Å². The fraction of sp³-hybridized carbons (Fsp3) is 0. The van der Waals surface area contributed by atoms with Crippen LogP contribution in [0.15, 0.2) is 324 Å². The molecule has 396 valence electrons. The van der Waals surface area contributed by atoms with Gasteiger partial charge in [0.1, 0.15) is 22.3 Å². The molecule has 0 saturated carbocycles. The van der Waals surface area contributed by atoms with Crippen molar-refractivity contribution in [3.05, 3.63) is 315 Å². The van der Waals surface area contributed by atoms with Gasteiger partial charge in [-0.3, -0.25) is 0 Å². The van der Waals surface area contributed by atoms with Gasteiger partial charge in [0.25, 0.3) is 0 Å². The Labute approximate surface area is 485 Å². The number of fused-ring (bicyclic) bond motifs is 9. The molecule has 0 fully saturated rings. The standard InChI is InChI=1S/C78H52N4O2/c1-3-15-57(16-4-1)79(59-33-27-53(28-34-59)55-31-49-71-69-21-9-13-25-75(69)83-77(71)51-55)61-37-41-63(42-38-61)81(65-45-47-66(48-46-65)82-73-23-11-7-19-67(73)68-20-8-12-24-74(68)82)64-43-39-62(40-44-64)80(58-17-5-2-6-18-58)60-35-29-54(30-36-60)56-32-50-72-70-22-10-14-26-76(70)84-78(72)52-56/h1-52H. The number of hydrogen-bond donors (Lipinski definition) is 0. The van der Waals surface area contributed by atoms with Gasteiger partial charge in [0, 0.05) is 89.2 Å². The summed E-state index contributed by atoms with van der Waals surface area (Å²) in [4.78, 5) is 6.99. The van der Waals surface area contributed by atoms with Gasteiger partial charge in [-0.05, 0) is 192 Å². The first-order chi connectivity index (χ1) is 41.6. The number of anilines is 9. The molecule has 0 amide bonds. The maximum atomic E-state index is 6.28. The zero-order valence-electron chi connectivity index (χ0n) is 45.6. The summed E-state index contributed by atoms with van der Waals surface area (Å²) in [5.41, 5.74) is 20.9. The highest BCUT2D eigenvalue weighted by Gasteiger charge is 2.21. The topological polar surface area (TPSA) is 40.9 Å². The van der Waals surface area contributed by atoms with Gasteiger partial charge in [-0.2, -0.15) is 0 Å². The van der Waals surface area contributed by atoms with Crippen LogP contribution in [0.5, 0.6) is 0 Å². The number of para-hydroxylation sites is 6. The van der Waals surface area contributed by atoms with Crippen molar-refractivity contribution < 1.29 is 8.83 Å². The van der Waals surface area contributed by atoms with Crippen LogP contribution >= 0.6 is 0 Å². The Morgan fingerprint density at radius 1 is 0.202 bits per heavy atom. The maximum Gasteiger partial charge on any atom is 0.136 e. The maximum absolute atomic E-state index is 6.28. The van der Waals surface area contributed by atoms with Gasteiger partial charge in [0.15, 0.2) is 0 Å². The van der Waals surface area contributed by atoms with Crippen molar-refractivity contribution in [3.8, 4) is 27.9 Å². The Morgan fingerprint density at radius 3 is 0.857 bits per heavy atom. The molecule has 6 heteroatoms. The third kappa shape index (κ3) is 8.52. The van der Waals surface area contributed by atoms with Crippen LogP contribution in [0.4, 0.5) is 51.2 Å². The van der Waals surface area contributed by atoms with Gasteiger partial charge in [0.2, 0.25) is 0 Å². The van der Waals surface area contributed by atoms with Crippen LogP contribution in [0, 0.1) is 0 Å². The van der Waals surface area contributed by atoms with Gasteiger partial charge in [-0.15, -0.1) is 0 Å². The van der Waals surface area contributed by atoms with E-state index in [-0.39, 0.29) is 0 Å². The van der Waals surface area contributed by atoms with Gasteiger partial charge >= 0.3 is 0 Å². The quantitative estimate of drug-likeness (QED) is 0.122. The van der Waals surface area contributed by atoms with Crippen molar-refractivity contribution in [2.75, 3.05) is 14.7 Å². The Hall–Kier alpha value is -11.3. The second-order valence-electron chi connectivity index (χ2n) is 21.3. The Kier molecular flexibility index (Phi) is 11.8. The minimum absolute atomic E-state index is 0.887. The summed E-state index contributed by atoms with van der Waals surface area (Å²) in [5.74, 6) is 0. The molecule has 0 saturated heterocycles. The zero-order chi connectivity index (χ0) is 55.5. The highest BCUT2D eigenvalue weighted by Crippen LogP contribution is 2.44. The molecule has 0 N–H and O–H groups in total. The number of aromatic nitrogens is 1. The summed E-state index contributed by atoms with van der Waals surface area (Å²) in [5, 5.41) is 6.99. The van der Waals surface area contributed by atoms with E-state index in [0.29, 0.717) is 0 Å². The van der Waals surface area contributed by atoms with Crippen molar-refractivity contribution in [3.63, 3.8) is 0 Å². The molecule has 16 rings (SSSR count). The molecule has 6 nitrogen and oxygen atoms in total. The van der Waals surface area contributed by atoms with Crippen LogP contribution in [0.25, 0.3) is 93.6 Å². The molecule has 0 unspecified atom stereocenters. The molecule has 0 aliphatic carbocycles. The van der Waals surface area contributed by atoms with E-state index in [9.17, 15) is 0 Å². The molecule has 3 heterocycles. The number of furan rings is 2. The van der Waals surface area contributed by atoms with Crippen LogP contribution < -0.4 is 14.7 Å². The Morgan fingerprint density at radius 2 is 0.476 bits per heavy atom. The Bertz CT molecular complexity index is 4750. The third-order valence-corrected chi connectivity index (χ3v) is 16.4. The SMILES string of the molecule is c1ccc(N(c2ccc(-c3ccc4c(c3)oc3ccccc34)cc2)c2ccc(N(c3ccc(N(c4ccccc4)c4ccc(-c5ccc6c(c5)oc5ccccc56)cc4)cc3)c3ccc(-n4c5ccccc5c5ccccc54)cc3)cc2)cc1. The molecule has 84 heavy (non-hydrogen) atoms. The molecule has 3 aromatic heterocycles. The minimum atomic E-state index is 0.887. The lowest BCUT2D eigenvalue weighted by atomic mass is 10.0. The smallest absolute Gasteiger partial charge is 0.136 e. The minimum Gasteiger partial charge on any atom is -0.456 e. The molecule has 0 bridgehead atoms. The van der Waals surface area contributed by atoms with E-state index in [1.165, 1.54) is 21.8 Å².